The molecule has 10 heteroatoms. The van der Waals surface area contributed by atoms with Crippen molar-refractivity contribution in [3.05, 3.63) is 62.2 Å². The van der Waals surface area contributed by atoms with E-state index in [1.165, 1.54) is 31.5 Å². The van der Waals surface area contributed by atoms with Crippen LogP contribution in [0.25, 0.3) is 0 Å². The first kappa shape index (κ1) is 16.7. The van der Waals surface area contributed by atoms with Crippen molar-refractivity contribution in [1.82, 2.24) is 0 Å². The summed E-state index contributed by atoms with van der Waals surface area (Å²) in [7, 11) is 1.37. The van der Waals surface area contributed by atoms with Gasteiger partial charge < -0.3 is 14.7 Å². The predicted octanol–water partition coefficient (Wildman–Crippen LogP) is 3.11. The van der Waals surface area contributed by atoms with Gasteiger partial charge in [0.25, 0.3) is 5.69 Å². The molecule has 2 aromatic rings. The zero-order valence-corrected chi connectivity index (χ0v) is 12.3. The third-order valence-electron chi connectivity index (χ3n) is 2.96. The van der Waals surface area contributed by atoms with Crippen molar-refractivity contribution in [2.45, 2.75) is 0 Å². The predicted molar refractivity (Wildman–Crippen MR) is 82.2 cm³/mol. The minimum atomic E-state index is -0.776. The van der Waals surface area contributed by atoms with Gasteiger partial charge in [0.2, 0.25) is 5.75 Å². The van der Waals surface area contributed by atoms with E-state index in [-0.39, 0.29) is 17.2 Å². The van der Waals surface area contributed by atoms with E-state index in [1.807, 2.05) is 0 Å². The Labute approximate surface area is 134 Å². The highest BCUT2D eigenvalue weighted by molar-refractivity contribution is 5.80. The lowest BCUT2D eigenvalue weighted by Crippen LogP contribution is -1.97. The van der Waals surface area contributed by atoms with Gasteiger partial charge in [0.05, 0.1) is 29.2 Å². The van der Waals surface area contributed by atoms with E-state index >= 15 is 0 Å². The normalized spacial score (nSPS) is 10.5. The molecular weight excluding hydrogens is 322 g/mol. The molecule has 0 heterocycles. The number of non-ortho nitro benzene ring substituents is 1. The summed E-state index contributed by atoms with van der Waals surface area (Å²) in [5.74, 6) is 0.220. The first-order valence-electron chi connectivity index (χ1n) is 6.42. The summed E-state index contributed by atoms with van der Waals surface area (Å²) in [5, 5.41) is 33.2. The van der Waals surface area contributed by atoms with Crippen LogP contribution in [0.4, 0.5) is 11.4 Å². The van der Waals surface area contributed by atoms with Gasteiger partial charge in [-0.15, -0.1) is 0 Å². The molecule has 24 heavy (non-hydrogen) atoms. The molecule has 0 bridgehead atoms. The van der Waals surface area contributed by atoms with Gasteiger partial charge in [-0.05, 0) is 24.3 Å². The Kier molecular flexibility index (Phi) is 4.90. The number of oxime groups is 1. The van der Waals surface area contributed by atoms with Crippen LogP contribution < -0.4 is 9.47 Å². The number of benzene rings is 2. The molecule has 2 aromatic carbocycles. The smallest absolute Gasteiger partial charge is 0.318 e. The maximum atomic E-state index is 11.1. The number of nitrogens with zero attached hydrogens (tertiary/aromatic N) is 3. The zero-order valence-electron chi connectivity index (χ0n) is 12.3. The summed E-state index contributed by atoms with van der Waals surface area (Å²) in [6.07, 6.45) is 1.17. The van der Waals surface area contributed by atoms with E-state index in [0.29, 0.717) is 5.56 Å². The van der Waals surface area contributed by atoms with Crippen LogP contribution in [-0.2, 0) is 0 Å². The molecule has 0 atom stereocenters. The quantitative estimate of drug-likeness (QED) is 0.371. The van der Waals surface area contributed by atoms with Crippen molar-refractivity contribution >= 4 is 17.6 Å². The molecule has 2 rings (SSSR count). The zero-order chi connectivity index (χ0) is 17.7. The molecule has 0 unspecified atom stereocenters. The molecular formula is C14H11N3O7. The first-order valence-corrected chi connectivity index (χ1v) is 6.42. The second-order valence-electron chi connectivity index (χ2n) is 4.42. The van der Waals surface area contributed by atoms with Crippen LogP contribution >= 0.6 is 0 Å². The van der Waals surface area contributed by atoms with E-state index in [9.17, 15) is 20.2 Å². The molecule has 0 aliphatic heterocycles. The fourth-order valence-electron chi connectivity index (χ4n) is 1.88. The van der Waals surface area contributed by atoms with Crippen molar-refractivity contribution < 1.29 is 24.5 Å². The molecule has 0 amide bonds. The minimum Gasteiger partial charge on any atom is -0.493 e. The molecule has 0 aliphatic rings. The van der Waals surface area contributed by atoms with E-state index in [4.69, 9.17) is 14.7 Å². The SMILES string of the molecule is COc1cc(/C=N/O)ccc1Oc1ccc([N+](=O)[O-])cc1[N+](=O)[O-]. The number of ether oxygens (including phenoxy) is 2. The van der Waals surface area contributed by atoms with Crippen LogP contribution in [0.1, 0.15) is 5.56 Å². The molecule has 10 nitrogen and oxygen atoms in total. The fourth-order valence-corrected chi connectivity index (χ4v) is 1.88. The largest absolute Gasteiger partial charge is 0.493 e. The van der Waals surface area contributed by atoms with Gasteiger partial charge in [-0.25, -0.2) is 0 Å². The molecule has 0 spiro atoms. The second-order valence-corrected chi connectivity index (χ2v) is 4.42. The maximum absolute atomic E-state index is 11.1. The summed E-state index contributed by atoms with van der Waals surface area (Å²) in [5.41, 5.74) is -0.456. The summed E-state index contributed by atoms with van der Waals surface area (Å²) in [6.45, 7) is 0. The van der Waals surface area contributed by atoms with Crippen molar-refractivity contribution in [3.8, 4) is 17.2 Å². The van der Waals surface area contributed by atoms with Crippen LogP contribution in [0, 0.1) is 20.2 Å². The second kappa shape index (κ2) is 7.05. The first-order chi connectivity index (χ1) is 11.5. The lowest BCUT2D eigenvalue weighted by Gasteiger charge is -2.11. The highest BCUT2D eigenvalue weighted by Crippen LogP contribution is 2.38. The molecule has 0 radical (unpaired) electrons. The van der Waals surface area contributed by atoms with Crippen molar-refractivity contribution in [3.63, 3.8) is 0 Å². The minimum absolute atomic E-state index is 0.157. The third-order valence-corrected chi connectivity index (χ3v) is 2.96. The van der Waals surface area contributed by atoms with Crippen LogP contribution in [0.5, 0.6) is 17.2 Å². The maximum Gasteiger partial charge on any atom is 0.318 e. The van der Waals surface area contributed by atoms with Crippen LogP contribution in [0.2, 0.25) is 0 Å². The molecule has 0 fully saturated rings. The monoisotopic (exact) mass is 333 g/mol. The lowest BCUT2D eigenvalue weighted by molar-refractivity contribution is -0.394. The lowest BCUT2D eigenvalue weighted by atomic mass is 10.2. The van der Waals surface area contributed by atoms with Gasteiger partial charge in [-0.2, -0.15) is 0 Å². The number of hydrogen-bond acceptors (Lipinski definition) is 8. The van der Waals surface area contributed by atoms with Crippen LogP contribution in [0.3, 0.4) is 0 Å². The molecule has 0 aliphatic carbocycles. The van der Waals surface area contributed by atoms with E-state index in [2.05, 4.69) is 5.16 Å². The Morgan fingerprint density at radius 2 is 1.75 bits per heavy atom. The Bertz CT molecular complexity index is 820. The van der Waals surface area contributed by atoms with Crippen molar-refractivity contribution in [2.24, 2.45) is 5.16 Å². The van der Waals surface area contributed by atoms with Gasteiger partial charge in [0.1, 0.15) is 0 Å². The fraction of sp³-hybridized carbons (Fsp3) is 0.0714. The average Bonchev–Trinajstić information content (AvgIpc) is 2.56. The number of nitro benzene ring substituents is 2. The van der Waals surface area contributed by atoms with Gasteiger partial charge in [-0.1, -0.05) is 5.16 Å². The third kappa shape index (κ3) is 3.55. The number of methoxy groups -OCH3 is 1. The number of nitro groups is 2. The van der Waals surface area contributed by atoms with E-state index in [0.717, 1.165) is 18.2 Å². The van der Waals surface area contributed by atoms with Gasteiger partial charge in [-0.3, -0.25) is 20.2 Å². The molecule has 0 aromatic heterocycles. The molecule has 124 valence electrons. The van der Waals surface area contributed by atoms with Crippen molar-refractivity contribution in [1.29, 1.82) is 0 Å². The van der Waals surface area contributed by atoms with Crippen LogP contribution in [0.15, 0.2) is 41.6 Å². The van der Waals surface area contributed by atoms with E-state index < -0.39 is 21.2 Å². The summed E-state index contributed by atoms with van der Waals surface area (Å²) in [4.78, 5) is 20.3. The summed E-state index contributed by atoms with van der Waals surface area (Å²) in [6, 6.07) is 7.54. The highest BCUT2D eigenvalue weighted by atomic mass is 16.6. The van der Waals surface area contributed by atoms with Crippen molar-refractivity contribution in [2.75, 3.05) is 7.11 Å². The standard InChI is InChI=1S/C14H11N3O7/c1-23-14-6-9(8-15-18)2-4-13(14)24-12-5-3-10(16(19)20)7-11(12)17(21)22/h2-8,18H,1H3/b15-8+. The van der Waals surface area contributed by atoms with E-state index in [1.54, 1.807) is 0 Å². The Morgan fingerprint density at radius 3 is 2.33 bits per heavy atom. The topological polar surface area (TPSA) is 137 Å². The van der Waals surface area contributed by atoms with Gasteiger partial charge >= 0.3 is 5.69 Å². The Hall–Kier alpha value is -3.69. The average molecular weight is 333 g/mol. The number of hydrogen-bond donors (Lipinski definition) is 1. The Morgan fingerprint density at radius 1 is 1.04 bits per heavy atom. The highest BCUT2D eigenvalue weighted by Gasteiger charge is 2.22. The molecule has 0 saturated heterocycles. The molecule has 0 saturated carbocycles. The summed E-state index contributed by atoms with van der Waals surface area (Å²) >= 11 is 0. The number of rotatable bonds is 6. The van der Waals surface area contributed by atoms with Crippen LogP contribution in [-0.4, -0.2) is 28.4 Å². The summed E-state index contributed by atoms with van der Waals surface area (Å²) < 4.78 is 10.6. The van der Waals surface area contributed by atoms with Gasteiger partial charge in [0, 0.05) is 11.6 Å². The van der Waals surface area contributed by atoms with Gasteiger partial charge in [0.15, 0.2) is 11.5 Å². The Balaban J connectivity index is 2.44. The molecule has 1 N–H and O–H groups in total.